The molecule has 1 unspecified atom stereocenters. The average molecular weight is 357 g/mol. The van der Waals surface area contributed by atoms with Gasteiger partial charge in [-0.1, -0.05) is 18.2 Å². The maximum Gasteiger partial charge on any atom is 0.389 e. The molecule has 0 bridgehead atoms. The molecule has 1 aromatic rings. The first kappa shape index (κ1) is 19.4. The zero-order chi connectivity index (χ0) is 18.5. The molecule has 1 atom stereocenters. The Morgan fingerprint density at radius 3 is 2.68 bits per heavy atom. The summed E-state index contributed by atoms with van der Waals surface area (Å²) >= 11 is 0. The summed E-state index contributed by atoms with van der Waals surface area (Å²) in [6.07, 6.45) is -3.52. The van der Waals surface area contributed by atoms with Gasteiger partial charge in [-0.05, 0) is 32.8 Å². The first-order valence-electron chi connectivity index (χ1n) is 8.52. The molecule has 1 aromatic carbocycles. The fourth-order valence-electron chi connectivity index (χ4n) is 2.95. The first-order chi connectivity index (χ1) is 11.7. The number of para-hydroxylation sites is 1. The quantitative estimate of drug-likeness (QED) is 0.472. The van der Waals surface area contributed by atoms with Crippen LogP contribution in [0.1, 0.15) is 51.1 Å². The van der Waals surface area contributed by atoms with E-state index in [4.69, 9.17) is 4.74 Å². The number of alkyl halides is 3. The van der Waals surface area contributed by atoms with Crippen molar-refractivity contribution in [3.63, 3.8) is 0 Å². The van der Waals surface area contributed by atoms with Crippen LogP contribution in [0.25, 0.3) is 0 Å². The number of ether oxygens (including phenoxy) is 1. The maximum atomic E-state index is 12.2. The van der Waals surface area contributed by atoms with Gasteiger partial charge < -0.3 is 15.4 Å². The zero-order valence-corrected chi connectivity index (χ0v) is 14.9. The molecule has 1 aliphatic rings. The molecule has 2 rings (SSSR count). The summed E-state index contributed by atoms with van der Waals surface area (Å²) in [5.74, 6) is 1.43. The van der Waals surface area contributed by atoms with Gasteiger partial charge in [-0.2, -0.15) is 13.2 Å². The minimum atomic E-state index is -4.09. The van der Waals surface area contributed by atoms with Gasteiger partial charge in [0.2, 0.25) is 0 Å². The number of guanidine groups is 1. The number of hydrogen-bond donors (Lipinski definition) is 2. The van der Waals surface area contributed by atoms with Gasteiger partial charge in [-0.15, -0.1) is 0 Å². The smallest absolute Gasteiger partial charge is 0.389 e. The topological polar surface area (TPSA) is 45.7 Å². The van der Waals surface area contributed by atoms with Crippen LogP contribution in [-0.4, -0.2) is 31.3 Å². The van der Waals surface area contributed by atoms with Gasteiger partial charge in [0, 0.05) is 32.0 Å². The lowest BCUT2D eigenvalue weighted by molar-refractivity contribution is -0.135. The van der Waals surface area contributed by atoms with Crippen molar-refractivity contribution in [3.05, 3.63) is 29.8 Å². The molecular weight excluding hydrogens is 331 g/mol. The number of nitrogens with zero attached hydrogens (tertiary/aromatic N) is 1. The van der Waals surface area contributed by atoms with Crippen LogP contribution in [0.2, 0.25) is 0 Å². The van der Waals surface area contributed by atoms with Gasteiger partial charge in [-0.3, -0.25) is 4.99 Å². The maximum absolute atomic E-state index is 12.2. The van der Waals surface area contributed by atoms with Gasteiger partial charge >= 0.3 is 6.18 Å². The first-order valence-corrected chi connectivity index (χ1v) is 8.52. The second kappa shape index (κ2) is 7.97. The Bertz CT molecular complexity index is 599. The third-order valence-electron chi connectivity index (χ3n) is 4.09. The number of halogens is 3. The van der Waals surface area contributed by atoms with Crippen LogP contribution in [0.4, 0.5) is 13.2 Å². The molecule has 1 heterocycles. The molecule has 140 valence electrons. The summed E-state index contributed by atoms with van der Waals surface area (Å²) < 4.78 is 42.5. The number of hydrogen-bond acceptors (Lipinski definition) is 2. The van der Waals surface area contributed by atoms with Crippen LogP contribution in [0.5, 0.6) is 5.75 Å². The molecule has 0 saturated heterocycles. The summed E-state index contributed by atoms with van der Waals surface area (Å²) in [7, 11) is 1.65. The monoisotopic (exact) mass is 357 g/mol. The van der Waals surface area contributed by atoms with Crippen LogP contribution in [0.3, 0.4) is 0 Å². The van der Waals surface area contributed by atoms with E-state index in [9.17, 15) is 13.2 Å². The Morgan fingerprint density at radius 2 is 2.00 bits per heavy atom. The van der Waals surface area contributed by atoms with Crippen molar-refractivity contribution in [2.45, 2.75) is 57.3 Å². The summed E-state index contributed by atoms with van der Waals surface area (Å²) in [5.41, 5.74) is 0.749. The number of aliphatic imine (C=N–C) groups is 1. The molecule has 4 nitrogen and oxygen atoms in total. The number of nitrogens with one attached hydrogen (secondary N) is 2. The Balaban J connectivity index is 1.91. The van der Waals surface area contributed by atoms with E-state index >= 15 is 0 Å². The van der Waals surface area contributed by atoms with Crippen molar-refractivity contribution in [3.8, 4) is 5.75 Å². The Kier molecular flexibility index (Phi) is 6.19. The lowest BCUT2D eigenvalue weighted by Gasteiger charge is -2.38. The van der Waals surface area contributed by atoms with Gasteiger partial charge in [0.15, 0.2) is 5.96 Å². The molecule has 0 amide bonds. The standard InChI is InChI=1S/C18H26F3N3O/c1-17(2)12-14(13-8-4-5-9-15(13)25-17)24-16(22-3)23-11-7-6-10-18(19,20)21/h4-5,8-9,14H,6-7,10-12H2,1-3H3,(H2,22,23,24). The van der Waals surface area contributed by atoms with Crippen molar-refractivity contribution in [2.75, 3.05) is 13.6 Å². The summed E-state index contributed by atoms with van der Waals surface area (Å²) in [6.45, 7) is 4.51. The van der Waals surface area contributed by atoms with Crippen LogP contribution in [0.15, 0.2) is 29.3 Å². The fraction of sp³-hybridized carbons (Fsp3) is 0.611. The van der Waals surface area contributed by atoms with Crippen LogP contribution in [-0.2, 0) is 0 Å². The molecule has 0 aromatic heterocycles. The minimum Gasteiger partial charge on any atom is -0.487 e. The Morgan fingerprint density at radius 1 is 1.28 bits per heavy atom. The zero-order valence-electron chi connectivity index (χ0n) is 14.9. The van der Waals surface area contributed by atoms with E-state index in [-0.39, 0.29) is 18.1 Å². The normalized spacial score (nSPS) is 19.8. The largest absolute Gasteiger partial charge is 0.487 e. The molecule has 0 spiro atoms. The number of rotatable bonds is 5. The minimum absolute atomic E-state index is 0.0290. The molecular formula is C18H26F3N3O. The van der Waals surface area contributed by atoms with Gasteiger partial charge in [0.1, 0.15) is 11.4 Å². The van der Waals surface area contributed by atoms with E-state index in [2.05, 4.69) is 15.6 Å². The van der Waals surface area contributed by atoms with E-state index in [1.54, 1.807) is 7.05 Å². The Labute approximate surface area is 146 Å². The van der Waals surface area contributed by atoms with Crippen LogP contribution >= 0.6 is 0 Å². The third kappa shape index (κ3) is 6.14. The molecule has 0 radical (unpaired) electrons. The Hall–Kier alpha value is -1.92. The molecule has 2 N–H and O–H groups in total. The predicted molar refractivity (Wildman–Crippen MR) is 92.9 cm³/mol. The fourth-order valence-corrected chi connectivity index (χ4v) is 2.95. The number of fused-ring (bicyclic) bond motifs is 1. The van der Waals surface area contributed by atoms with E-state index in [0.29, 0.717) is 18.9 Å². The molecule has 0 aliphatic carbocycles. The molecule has 7 heteroatoms. The van der Waals surface area contributed by atoms with Gasteiger partial charge in [-0.25, -0.2) is 0 Å². The van der Waals surface area contributed by atoms with E-state index < -0.39 is 12.6 Å². The number of unbranched alkanes of at least 4 members (excludes halogenated alkanes) is 1. The van der Waals surface area contributed by atoms with Crippen molar-refractivity contribution < 1.29 is 17.9 Å². The van der Waals surface area contributed by atoms with Crippen molar-refractivity contribution >= 4 is 5.96 Å². The predicted octanol–water partition coefficient (Wildman–Crippen LogP) is 4.19. The third-order valence-corrected chi connectivity index (χ3v) is 4.09. The molecule has 25 heavy (non-hydrogen) atoms. The number of benzene rings is 1. The molecule has 1 aliphatic heterocycles. The van der Waals surface area contributed by atoms with E-state index in [1.807, 2.05) is 38.1 Å². The highest BCUT2D eigenvalue weighted by atomic mass is 19.4. The van der Waals surface area contributed by atoms with Crippen molar-refractivity contribution in [2.24, 2.45) is 4.99 Å². The summed E-state index contributed by atoms with van der Waals surface area (Å²) in [5, 5.41) is 6.45. The lowest BCUT2D eigenvalue weighted by atomic mass is 9.90. The average Bonchev–Trinajstić information content (AvgIpc) is 2.51. The van der Waals surface area contributed by atoms with Gasteiger partial charge in [0.25, 0.3) is 0 Å². The van der Waals surface area contributed by atoms with Crippen LogP contribution in [0, 0.1) is 0 Å². The highest BCUT2D eigenvalue weighted by Crippen LogP contribution is 2.39. The van der Waals surface area contributed by atoms with Gasteiger partial charge in [0.05, 0.1) is 6.04 Å². The molecule has 0 saturated carbocycles. The highest BCUT2D eigenvalue weighted by molar-refractivity contribution is 5.80. The SMILES string of the molecule is CN=C(NCCCCC(F)(F)F)NC1CC(C)(C)Oc2ccccc21. The highest BCUT2D eigenvalue weighted by Gasteiger charge is 2.34. The van der Waals surface area contributed by atoms with Crippen LogP contribution < -0.4 is 15.4 Å². The second-order valence-corrected chi connectivity index (χ2v) is 6.87. The lowest BCUT2D eigenvalue weighted by Crippen LogP contribution is -2.45. The van der Waals surface area contributed by atoms with E-state index in [1.165, 1.54) is 0 Å². The van der Waals surface area contributed by atoms with Crippen molar-refractivity contribution in [1.29, 1.82) is 0 Å². The molecule has 0 fully saturated rings. The summed E-state index contributed by atoms with van der Waals surface area (Å²) in [4.78, 5) is 4.18. The van der Waals surface area contributed by atoms with Crippen molar-refractivity contribution in [1.82, 2.24) is 10.6 Å². The summed E-state index contributed by atoms with van der Waals surface area (Å²) in [6, 6.07) is 7.88. The second-order valence-electron chi connectivity index (χ2n) is 6.87. The van der Waals surface area contributed by atoms with E-state index in [0.717, 1.165) is 17.7 Å².